The second kappa shape index (κ2) is 7.28. The average Bonchev–Trinajstić information content (AvgIpc) is 2.75. The second-order valence-electron chi connectivity index (χ2n) is 4.69. The predicted molar refractivity (Wildman–Crippen MR) is 81.7 cm³/mol. The van der Waals surface area contributed by atoms with Crippen LogP contribution in [0.2, 0.25) is 0 Å². The number of thioether (sulfide) groups is 1. The van der Waals surface area contributed by atoms with Gasteiger partial charge in [-0.2, -0.15) is 0 Å². The van der Waals surface area contributed by atoms with Crippen LogP contribution in [0.25, 0.3) is 0 Å². The van der Waals surface area contributed by atoms with E-state index < -0.39 is 16.4 Å². The average molecular weight is 324 g/mol. The fourth-order valence-corrected chi connectivity index (χ4v) is 2.95. The highest BCUT2D eigenvalue weighted by Gasteiger charge is 2.41. The fraction of sp³-hybridized carbons (Fsp3) is 0.357. The number of phenols is 1. The number of carbonyl (C=O) groups is 3. The van der Waals surface area contributed by atoms with E-state index in [0.717, 1.165) is 16.7 Å². The third kappa shape index (κ3) is 3.77. The van der Waals surface area contributed by atoms with Crippen LogP contribution in [-0.2, 0) is 9.59 Å². The number of phenolic OH excluding ortho intramolecular Hbond substituents is 1. The van der Waals surface area contributed by atoms with Gasteiger partial charge in [-0.1, -0.05) is 0 Å². The normalized spacial score (nSPS) is 17.9. The van der Waals surface area contributed by atoms with Gasteiger partial charge < -0.3 is 15.5 Å². The van der Waals surface area contributed by atoms with Gasteiger partial charge in [0.05, 0.1) is 5.69 Å². The Morgan fingerprint density at radius 3 is 2.59 bits per heavy atom. The van der Waals surface area contributed by atoms with Crippen LogP contribution in [0.1, 0.15) is 12.8 Å². The molecule has 1 aromatic carbocycles. The number of aliphatic hydroxyl groups excluding tert-OH is 1. The first-order chi connectivity index (χ1) is 10.5. The van der Waals surface area contributed by atoms with Crippen LogP contribution in [0, 0.1) is 0 Å². The zero-order valence-corrected chi connectivity index (χ0v) is 12.5. The SMILES string of the molecule is O=C(CC1SC(=O)N(c2ccc(O)cc2)C1=O)NCCCO. The summed E-state index contributed by atoms with van der Waals surface area (Å²) in [6, 6.07) is 5.70. The summed E-state index contributed by atoms with van der Waals surface area (Å²) in [6.07, 6.45) is 0.352. The monoisotopic (exact) mass is 324 g/mol. The maximum absolute atomic E-state index is 12.3. The number of hydrogen-bond donors (Lipinski definition) is 3. The van der Waals surface area contributed by atoms with E-state index in [1.807, 2.05) is 0 Å². The number of nitrogens with one attached hydrogen (secondary N) is 1. The number of aromatic hydroxyl groups is 1. The van der Waals surface area contributed by atoms with Gasteiger partial charge in [-0.3, -0.25) is 14.4 Å². The number of benzene rings is 1. The molecule has 3 N–H and O–H groups in total. The highest BCUT2D eigenvalue weighted by Crippen LogP contribution is 2.33. The number of rotatable bonds is 6. The van der Waals surface area contributed by atoms with E-state index >= 15 is 0 Å². The first-order valence-corrected chi connectivity index (χ1v) is 7.62. The largest absolute Gasteiger partial charge is 0.508 e. The maximum atomic E-state index is 12.3. The van der Waals surface area contributed by atoms with Gasteiger partial charge in [0, 0.05) is 19.6 Å². The Morgan fingerprint density at radius 1 is 1.27 bits per heavy atom. The van der Waals surface area contributed by atoms with E-state index in [1.165, 1.54) is 24.3 Å². The van der Waals surface area contributed by atoms with Crippen molar-refractivity contribution in [3.8, 4) is 5.75 Å². The Labute approximate surface area is 131 Å². The molecule has 1 saturated heterocycles. The molecule has 1 aromatic rings. The second-order valence-corrected chi connectivity index (χ2v) is 5.85. The van der Waals surface area contributed by atoms with Crippen LogP contribution in [0.4, 0.5) is 10.5 Å². The lowest BCUT2D eigenvalue weighted by Gasteiger charge is -2.13. The Morgan fingerprint density at radius 2 is 1.95 bits per heavy atom. The highest BCUT2D eigenvalue weighted by atomic mass is 32.2. The summed E-state index contributed by atoms with van der Waals surface area (Å²) in [5.41, 5.74) is 0.364. The molecule has 8 heteroatoms. The van der Waals surface area contributed by atoms with E-state index in [1.54, 1.807) is 0 Å². The topological polar surface area (TPSA) is 107 Å². The number of aliphatic hydroxyl groups is 1. The summed E-state index contributed by atoms with van der Waals surface area (Å²) in [4.78, 5) is 36.9. The van der Waals surface area contributed by atoms with Gasteiger partial charge in [-0.25, -0.2) is 4.90 Å². The summed E-state index contributed by atoms with van der Waals surface area (Å²) in [5.74, 6) is -0.743. The lowest BCUT2D eigenvalue weighted by molar-refractivity contribution is -0.124. The van der Waals surface area contributed by atoms with Gasteiger partial charge in [0.1, 0.15) is 11.0 Å². The highest BCUT2D eigenvalue weighted by molar-refractivity contribution is 8.15. The number of hydrogen-bond acceptors (Lipinski definition) is 6. The number of anilines is 1. The summed E-state index contributed by atoms with van der Waals surface area (Å²) in [7, 11) is 0. The van der Waals surface area contributed by atoms with E-state index in [9.17, 15) is 19.5 Å². The molecule has 2 rings (SSSR count). The maximum Gasteiger partial charge on any atom is 0.293 e. The van der Waals surface area contributed by atoms with Crippen LogP contribution in [0.15, 0.2) is 24.3 Å². The van der Waals surface area contributed by atoms with Gasteiger partial charge in [0.25, 0.3) is 5.24 Å². The van der Waals surface area contributed by atoms with E-state index in [2.05, 4.69) is 5.32 Å². The molecule has 118 valence electrons. The Hall–Kier alpha value is -2.06. The molecule has 1 heterocycles. The summed E-state index contributed by atoms with van der Waals surface area (Å²) < 4.78 is 0. The van der Waals surface area contributed by atoms with Gasteiger partial charge in [0.15, 0.2) is 0 Å². The van der Waals surface area contributed by atoms with Crippen molar-refractivity contribution in [1.82, 2.24) is 5.32 Å². The van der Waals surface area contributed by atoms with Crippen LogP contribution in [0.3, 0.4) is 0 Å². The number of amides is 3. The van der Waals surface area contributed by atoms with Gasteiger partial charge in [-0.05, 0) is 42.4 Å². The molecular weight excluding hydrogens is 308 g/mol. The van der Waals surface area contributed by atoms with Crippen molar-refractivity contribution >= 4 is 34.5 Å². The zero-order valence-electron chi connectivity index (χ0n) is 11.7. The molecule has 0 spiro atoms. The molecule has 1 aliphatic rings. The molecule has 3 amide bonds. The molecule has 1 atom stereocenters. The van der Waals surface area contributed by atoms with Crippen molar-refractivity contribution in [3.63, 3.8) is 0 Å². The smallest absolute Gasteiger partial charge is 0.293 e. The number of nitrogens with zero attached hydrogens (tertiary/aromatic N) is 1. The molecule has 0 saturated carbocycles. The Kier molecular flexibility index (Phi) is 5.40. The summed E-state index contributed by atoms with van der Waals surface area (Å²) >= 11 is 0.813. The van der Waals surface area contributed by atoms with Crippen molar-refractivity contribution in [2.45, 2.75) is 18.1 Å². The quantitative estimate of drug-likeness (QED) is 0.670. The summed E-state index contributed by atoms with van der Waals surface area (Å²) in [6.45, 7) is 0.307. The van der Waals surface area contributed by atoms with Gasteiger partial charge in [-0.15, -0.1) is 0 Å². The Bertz CT molecular complexity index is 575. The van der Waals surface area contributed by atoms with Crippen LogP contribution in [0.5, 0.6) is 5.75 Å². The molecule has 0 bridgehead atoms. The van der Waals surface area contributed by atoms with E-state index in [-0.39, 0.29) is 24.7 Å². The van der Waals surface area contributed by atoms with E-state index in [0.29, 0.717) is 18.7 Å². The third-order valence-corrected chi connectivity index (χ3v) is 4.09. The minimum absolute atomic E-state index is 0.0233. The van der Waals surface area contributed by atoms with Crippen molar-refractivity contribution in [2.75, 3.05) is 18.1 Å². The number of carbonyl (C=O) groups excluding carboxylic acids is 3. The Balaban J connectivity index is 1.99. The van der Waals surface area contributed by atoms with Crippen molar-refractivity contribution in [3.05, 3.63) is 24.3 Å². The molecule has 22 heavy (non-hydrogen) atoms. The standard InChI is InChI=1S/C14H16N2O5S/c17-7-1-6-15-12(19)8-11-13(20)16(14(21)22-11)9-2-4-10(18)5-3-9/h2-5,11,17-18H,1,6-8H2,(H,15,19). The minimum Gasteiger partial charge on any atom is -0.508 e. The molecule has 7 nitrogen and oxygen atoms in total. The van der Waals surface area contributed by atoms with Crippen LogP contribution < -0.4 is 10.2 Å². The fourth-order valence-electron chi connectivity index (χ4n) is 1.97. The lowest BCUT2D eigenvalue weighted by Crippen LogP contribution is -2.34. The number of imide groups is 1. The lowest BCUT2D eigenvalue weighted by atomic mass is 10.2. The van der Waals surface area contributed by atoms with Crippen LogP contribution in [-0.4, -0.2) is 45.7 Å². The third-order valence-electron chi connectivity index (χ3n) is 3.06. The first-order valence-electron chi connectivity index (χ1n) is 6.74. The van der Waals surface area contributed by atoms with Crippen molar-refractivity contribution < 1.29 is 24.6 Å². The molecule has 0 aliphatic carbocycles. The molecule has 1 unspecified atom stereocenters. The van der Waals surface area contributed by atoms with Gasteiger partial charge >= 0.3 is 0 Å². The van der Waals surface area contributed by atoms with E-state index in [4.69, 9.17) is 5.11 Å². The van der Waals surface area contributed by atoms with Crippen LogP contribution >= 0.6 is 11.8 Å². The van der Waals surface area contributed by atoms with Crippen molar-refractivity contribution in [2.24, 2.45) is 0 Å². The van der Waals surface area contributed by atoms with Crippen molar-refractivity contribution in [1.29, 1.82) is 0 Å². The van der Waals surface area contributed by atoms with Gasteiger partial charge in [0.2, 0.25) is 11.8 Å². The minimum atomic E-state index is -0.754. The predicted octanol–water partition coefficient (Wildman–Crippen LogP) is 0.849. The molecule has 1 fully saturated rings. The molecule has 0 radical (unpaired) electrons. The first kappa shape index (κ1) is 16.3. The molecule has 0 aromatic heterocycles. The summed E-state index contributed by atoms with van der Waals surface area (Å²) in [5, 5.41) is 19.3. The zero-order chi connectivity index (χ0) is 16.1. The molecular formula is C14H16N2O5S. The molecule has 1 aliphatic heterocycles.